The second-order valence-corrected chi connectivity index (χ2v) is 4.66. The number of rotatable bonds is 8. The number of nitrogens with two attached hydrogens (primary N) is 1. The number of nitrogens with zero attached hydrogens (tertiary/aromatic N) is 2. The van der Waals surface area contributed by atoms with Crippen molar-refractivity contribution in [3.63, 3.8) is 0 Å². The number of unbranched alkanes of at least 4 members (excludes halogenated alkanes) is 2. The number of non-ortho nitro benzene ring substituents is 1. The molecule has 3 N–H and O–H groups in total. The van der Waals surface area contributed by atoms with Crippen molar-refractivity contribution in [1.29, 1.82) is 0 Å². The van der Waals surface area contributed by atoms with Crippen LogP contribution >= 0.6 is 0 Å². The van der Waals surface area contributed by atoms with Crippen LogP contribution in [0.1, 0.15) is 24.8 Å². The first-order chi connectivity index (χ1) is 9.04. The lowest BCUT2D eigenvalue weighted by Gasteiger charge is -2.17. The maximum absolute atomic E-state index is 10.7. The van der Waals surface area contributed by atoms with Crippen molar-refractivity contribution in [2.75, 3.05) is 25.9 Å². The number of anilines is 1. The van der Waals surface area contributed by atoms with Gasteiger partial charge in [0.05, 0.1) is 4.92 Å². The van der Waals surface area contributed by atoms with E-state index in [-0.39, 0.29) is 12.3 Å². The average Bonchev–Trinajstić information content (AvgIpc) is 2.37. The third kappa shape index (κ3) is 5.23. The maximum Gasteiger partial charge on any atom is 0.269 e. The van der Waals surface area contributed by atoms with Gasteiger partial charge in [0.1, 0.15) is 0 Å². The van der Waals surface area contributed by atoms with Gasteiger partial charge >= 0.3 is 0 Å². The molecule has 0 aliphatic rings. The van der Waals surface area contributed by atoms with Crippen LogP contribution in [0.3, 0.4) is 0 Å². The lowest BCUT2D eigenvalue weighted by atomic mass is 10.1. The van der Waals surface area contributed by atoms with E-state index in [1.165, 1.54) is 12.1 Å². The van der Waals surface area contributed by atoms with Gasteiger partial charge in [0, 0.05) is 31.0 Å². The van der Waals surface area contributed by atoms with Gasteiger partial charge in [-0.15, -0.1) is 0 Å². The summed E-state index contributed by atoms with van der Waals surface area (Å²) in [5, 5.41) is 19.4. The third-order valence-corrected chi connectivity index (χ3v) is 2.98. The fraction of sp³-hybridized carbons (Fsp3) is 0.538. The van der Waals surface area contributed by atoms with E-state index in [1.807, 2.05) is 7.05 Å². The lowest BCUT2D eigenvalue weighted by Crippen LogP contribution is -2.20. The molecule has 0 bridgehead atoms. The predicted octanol–water partition coefficient (Wildman–Crippen LogP) is 1.77. The highest BCUT2D eigenvalue weighted by atomic mass is 16.6. The summed E-state index contributed by atoms with van der Waals surface area (Å²) in [6.45, 7) is 1.69. The minimum Gasteiger partial charge on any atom is -0.398 e. The Bertz CT molecular complexity index is 424. The molecular weight excluding hydrogens is 246 g/mol. The smallest absolute Gasteiger partial charge is 0.269 e. The molecule has 0 radical (unpaired) electrons. The van der Waals surface area contributed by atoms with Gasteiger partial charge in [0.25, 0.3) is 5.69 Å². The maximum atomic E-state index is 10.7. The Morgan fingerprint density at radius 1 is 1.37 bits per heavy atom. The van der Waals surface area contributed by atoms with E-state index in [9.17, 15) is 10.1 Å². The van der Waals surface area contributed by atoms with Crippen molar-refractivity contribution in [1.82, 2.24) is 4.90 Å². The first-order valence-corrected chi connectivity index (χ1v) is 6.36. The summed E-state index contributed by atoms with van der Waals surface area (Å²) in [5.74, 6) is 0. The highest BCUT2D eigenvalue weighted by molar-refractivity contribution is 5.52. The zero-order valence-electron chi connectivity index (χ0n) is 11.2. The van der Waals surface area contributed by atoms with Crippen molar-refractivity contribution in [2.45, 2.75) is 25.8 Å². The molecule has 0 fully saturated rings. The van der Waals surface area contributed by atoms with Crippen molar-refractivity contribution in [3.8, 4) is 0 Å². The monoisotopic (exact) mass is 267 g/mol. The SMILES string of the molecule is CN(CCCCCO)Cc1cc([N+](=O)[O-])ccc1N. The molecule has 1 rings (SSSR count). The minimum atomic E-state index is -0.413. The van der Waals surface area contributed by atoms with Gasteiger partial charge in [-0.2, -0.15) is 0 Å². The van der Waals surface area contributed by atoms with E-state index in [0.29, 0.717) is 12.2 Å². The molecule has 0 aliphatic carbocycles. The molecule has 0 aliphatic heterocycles. The molecule has 6 nitrogen and oxygen atoms in total. The second-order valence-electron chi connectivity index (χ2n) is 4.66. The largest absolute Gasteiger partial charge is 0.398 e. The van der Waals surface area contributed by atoms with Crippen LogP contribution in [-0.2, 0) is 6.54 Å². The van der Waals surface area contributed by atoms with E-state index in [2.05, 4.69) is 4.90 Å². The molecule has 0 saturated heterocycles. The van der Waals surface area contributed by atoms with Crippen LogP contribution in [0.4, 0.5) is 11.4 Å². The topological polar surface area (TPSA) is 92.6 Å². The standard InChI is InChI=1S/C13H21N3O3/c1-15(7-3-2-4-8-17)10-11-9-12(16(18)19)5-6-13(11)14/h5-6,9,17H,2-4,7-8,10,14H2,1H3. The third-order valence-electron chi connectivity index (χ3n) is 2.98. The summed E-state index contributed by atoms with van der Waals surface area (Å²) < 4.78 is 0. The zero-order chi connectivity index (χ0) is 14.3. The van der Waals surface area contributed by atoms with Crippen molar-refractivity contribution in [2.24, 2.45) is 0 Å². The Labute approximate surface area is 113 Å². The molecule has 0 amide bonds. The molecule has 1 aromatic carbocycles. The molecule has 0 saturated carbocycles. The van der Waals surface area contributed by atoms with E-state index in [1.54, 1.807) is 6.07 Å². The number of hydrogen-bond acceptors (Lipinski definition) is 5. The summed E-state index contributed by atoms with van der Waals surface area (Å²) in [4.78, 5) is 12.4. The van der Waals surface area contributed by atoms with Crippen LogP contribution in [0.25, 0.3) is 0 Å². The van der Waals surface area contributed by atoms with Crippen molar-refractivity contribution < 1.29 is 10.0 Å². The molecule has 106 valence electrons. The molecule has 0 atom stereocenters. The normalized spacial score (nSPS) is 10.9. The molecule has 6 heteroatoms. The van der Waals surface area contributed by atoms with Gasteiger partial charge < -0.3 is 15.7 Å². The predicted molar refractivity (Wildman–Crippen MR) is 74.8 cm³/mol. The Kier molecular flexibility index (Phi) is 6.24. The molecule has 0 unspecified atom stereocenters. The van der Waals surface area contributed by atoms with Crippen LogP contribution in [0.2, 0.25) is 0 Å². The Hall–Kier alpha value is -1.66. The highest BCUT2D eigenvalue weighted by Gasteiger charge is 2.10. The zero-order valence-corrected chi connectivity index (χ0v) is 11.2. The number of nitro groups is 1. The fourth-order valence-electron chi connectivity index (χ4n) is 1.88. The van der Waals surface area contributed by atoms with Crippen LogP contribution in [0.15, 0.2) is 18.2 Å². The van der Waals surface area contributed by atoms with Gasteiger partial charge in [0.2, 0.25) is 0 Å². The number of aliphatic hydroxyl groups is 1. The van der Waals surface area contributed by atoms with E-state index < -0.39 is 4.92 Å². The van der Waals surface area contributed by atoms with Gasteiger partial charge in [0.15, 0.2) is 0 Å². The Morgan fingerprint density at radius 2 is 2.11 bits per heavy atom. The van der Waals surface area contributed by atoms with Gasteiger partial charge in [-0.05, 0) is 44.5 Å². The molecule has 0 spiro atoms. The summed E-state index contributed by atoms with van der Waals surface area (Å²) in [6.07, 6.45) is 2.78. The number of hydrogen-bond donors (Lipinski definition) is 2. The second kappa shape index (κ2) is 7.70. The van der Waals surface area contributed by atoms with E-state index in [4.69, 9.17) is 10.8 Å². The Morgan fingerprint density at radius 3 is 2.74 bits per heavy atom. The van der Waals surface area contributed by atoms with Crippen molar-refractivity contribution >= 4 is 11.4 Å². The molecular formula is C13H21N3O3. The van der Waals surface area contributed by atoms with Crippen LogP contribution in [-0.4, -0.2) is 35.1 Å². The van der Waals surface area contributed by atoms with E-state index in [0.717, 1.165) is 31.4 Å². The summed E-state index contributed by atoms with van der Waals surface area (Å²) in [7, 11) is 1.96. The molecule has 1 aromatic rings. The quantitative estimate of drug-likeness (QED) is 0.324. The first kappa shape index (κ1) is 15.4. The average molecular weight is 267 g/mol. The van der Waals surface area contributed by atoms with Gasteiger partial charge in [-0.25, -0.2) is 0 Å². The molecule has 19 heavy (non-hydrogen) atoms. The van der Waals surface area contributed by atoms with Gasteiger partial charge in [-0.1, -0.05) is 0 Å². The van der Waals surface area contributed by atoms with Crippen LogP contribution < -0.4 is 5.73 Å². The van der Waals surface area contributed by atoms with Crippen molar-refractivity contribution in [3.05, 3.63) is 33.9 Å². The summed E-state index contributed by atoms with van der Waals surface area (Å²) in [5.41, 5.74) is 7.25. The lowest BCUT2D eigenvalue weighted by molar-refractivity contribution is -0.384. The van der Waals surface area contributed by atoms with Gasteiger partial charge in [-0.3, -0.25) is 10.1 Å². The van der Waals surface area contributed by atoms with E-state index >= 15 is 0 Å². The highest BCUT2D eigenvalue weighted by Crippen LogP contribution is 2.20. The molecule has 0 aromatic heterocycles. The van der Waals surface area contributed by atoms with Crippen LogP contribution in [0, 0.1) is 10.1 Å². The minimum absolute atomic E-state index is 0.0675. The Balaban J connectivity index is 2.55. The molecule has 0 heterocycles. The summed E-state index contributed by atoms with van der Waals surface area (Å²) in [6, 6.07) is 4.52. The first-order valence-electron chi connectivity index (χ1n) is 6.36. The number of aliphatic hydroxyl groups excluding tert-OH is 1. The van der Waals surface area contributed by atoms with Crippen LogP contribution in [0.5, 0.6) is 0 Å². The number of benzene rings is 1. The number of nitrogen functional groups attached to an aromatic ring is 1. The fourth-order valence-corrected chi connectivity index (χ4v) is 1.88. The summed E-state index contributed by atoms with van der Waals surface area (Å²) >= 11 is 0. The number of nitro benzene ring substituents is 1.